The monoisotopic (exact) mass is 367 g/mol. The Morgan fingerprint density at radius 3 is 2.62 bits per heavy atom. The number of rotatable bonds is 4. The summed E-state index contributed by atoms with van der Waals surface area (Å²) in [6.45, 7) is -0.471. The maximum absolute atomic E-state index is 13.4. The van der Waals surface area contributed by atoms with Crippen molar-refractivity contribution in [3.05, 3.63) is 40.8 Å². The van der Waals surface area contributed by atoms with Gasteiger partial charge >= 0.3 is 6.18 Å². The zero-order chi connectivity index (χ0) is 18.7. The van der Waals surface area contributed by atoms with Gasteiger partial charge in [-0.2, -0.15) is 13.2 Å². The SMILES string of the molecule is O=C(Cn1c(=O)cnc2ccccc21)NC(C1CCCCC1)C(F)(F)F. The van der Waals surface area contributed by atoms with Crippen LogP contribution < -0.4 is 10.9 Å². The summed E-state index contributed by atoms with van der Waals surface area (Å²) >= 11 is 0. The van der Waals surface area contributed by atoms with Crippen molar-refractivity contribution in [2.24, 2.45) is 5.92 Å². The third-order valence-electron chi connectivity index (χ3n) is 4.84. The first-order valence-electron chi connectivity index (χ1n) is 8.67. The lowest BCUT2D eigenvalue weighted by Crippen LogP contribution is -2.51. The molecule has 0 saturated heterocycles. The van der Waals surface area contributed by atoms with Gasteiger partial charge in [-0.3, -0.25) is 14.2 Å². The molecule has 1 amide bonds. The summed E-state index contributed by atoms with van der Waals surface area (Å²) in [7, 11) is 0. The Balaban J connectivity index is 1.81. The first-order valence-corrected chi connectivity index (χ1v) is 8.67. The number of carbonyl (C=O) groups excluding carboxylic acids is 1. The first kappa shape index (κ1) is 18.4. The second-order valence-corrected chi connectivity index (χ2v) is 6.66. The van der Waals surface area contributed by atoms with E-state index >= 15 is 0 Å². The molecule has 26 heavy (non-hydrogen) atoms. The number of alkyl halides is 3. The normalized spacial score (nSPS) is 17.2. The van der Waals surface area contributed by atoms with E-state index in [0.29, 0.717) is 23.9 Å². The second-order valence-electron chi connectivity index (χ2n) is 6.66. The minimum absolute atomic E-state index is 0.413. The number of halogens is 3. The highest BCUT2D eigenvalue weighted by molar-refractivity contribution is 5.80. The summed E-state index contributed by atoms with van der Waals surface area (Å²) in [6.07, 6.45) is -0.150. The van der Waals surface area contributed by atoms with Crippen LogP contribution in [0, 0.1) is 5.92 Å². The van der Waals surface area contributed by atoms with E-state index in [1.54, 1.807) is 24.3 Å². The molecule has 1 aromatic heterocycles. The highest BCUT2D eigenvalue weighted by Crippen LogP contribution is 2.34. The molecule has 2 aromatic rings. The number of amides is 1. The van der Waals surface area contributed by atoms with Crippen molar-refractivity contribution in [2.45, 2.75) is 50.9 Å². The predicted molar refractivity (Wildman–Crippen MR) is 90.6 cm³/mol. The summed E-state index contributed by atoms with van der Waals surface area (Å²) in [5.41, 5.74) is 0.385. The van der Waals surface area contributed by atoms with Gasteiger partial charge in [0.15, 0.2) is 0 Å². The van der Waals surface area contributed by atoms with Crippen LogP contribution in [-0.4, -0.2) is 27.7 Å². The Hall–Kier alpha value is -2.38. The van der Waals surface area contributed by atoms with Gasteiger partial charge in [-0.15, -0.1) is 0 Å². The fourth-order valence-corrected chi connectivity index (χ4v) is 3.57. The third-order valence-corrected chi connectivity index (χ3v) is 4.84. The van der Waals surface area contributed by atoms with Crippen LogP contribution in [0.15, 0.2) is 35.3 Å². The molecule has 1 N–H and O–H groups in total. The number of para-hydroxylation sites is 2. The largest absolute Gasteiger partial charge is 0.408 e. The van der Waals surface area contributed by atoms with Crippen molar-refractivity contribution in [2.75, 3.05) is 0 Å². The molecule has 1 atom stereocenters. The van der Waals surface area contributed by atoms with Gasteiger partial charge in [0.1, 0.15) is 12.6 Å². The molecule has 3 rings (SSSR count). The highest BCUT2D eigenvalue weighted by Gasteiger charge is 2.45. The molecular formula is C18H20F3N3O2. The van der Waals surface area contributed by atoms with E-state index in [9.17, 15) is 22.8 Å². The first-order chi connectivity index (χ1) is 12.4. The van der Waals surface area contributed by atoms with Gasteiger partial charge in [0, 0.05) is 0 Å². The quantitative estimate of drug-likeness (QED) is 0.904. The van der Waals surface area contributed by atoms with Gasteiger partial charge in [0.25, 0.3) is 5.56 Å². The van der Waals surface area contributed by atoms with Crippen molar-refractivity contribution >= 4 is 16.9 Å². The van der Waals surface area contributed by atoms with Gasteiger partial charge < -0.3 is 5.32 Å². The number of aromatic nitrogens is 2. The maximum atomic E-state index is 13.4. The fourth-order valence-electron chi connectivity index (χ4n) is 3.57. The van der Waals surface area contributed by atoms with E-state index in [1.807, 2.05) is 0 Å². The molecule has 0 spiro atoms. The number of hydrogen-bond acceptors (Lipinski definition) is 3. The molecule has 8 heteroatoms. The van der Waals surface area contributed by atoms with Crippen molar-refractivity contribution < 1.29 is 18.0 Å². The molecule has 0 bridgehead atoms. The van der Waals surface area contributed by atoms with Gasteiger partial charge in [-0.05, 0) is 30.9 Å². The molecule has 140 valence electrons. The van der Waals surface area contributed by atoms with Gasteiger partial charge in [0.05, 0.1) is 17.2 Å². The van der Waals surface area contributed by atoms with Crippen LogP contribution in [-0.2, 0) is 11.3 Å². The van der Waals surface area contributed by atoms with E-state index in [4.69, 9.17) is 0 Å². The Morgan fingerprint density at radius 2 is 1.92 bits per heavy atom. The minimum Gasteiger partial charge on any atom is -0.343 e. The molecule has 1 heterocycles. The van der Waals surface area contributed by atoms with E-state index in [0.717, 1.165) is 30.0 Å². The third kappa shape index (κ3) is 4.05. The topological polar surface area (TPSA) is 64.0 Å². The Bertz CT molecular complexity index is 841. The lowest BCUT2D eigenvalue weighted by molar-refractivity contribution is -0.174. The summed E-state index contributed by atoms with van der Waals surface area (Å²) < 4.78 is 41.5. The van der Waals surface area contributed by atoms with E-state index in [-0.39, 0.29) is 0 Å². The smallest absolute Gasteiger partial charge is 0.343 e. The fraction of sp³-hybridized carbons (Fsp3) is 0.500. The number of hydrogen-bond donors (Lipinski definition) is 1. The minimum atomic E-state index is -4.51. The molecule has 1 fully saturated rings. The van der Waals surface area contributed by atoms with Crippen LogP contribution in [0.1, 0.15) is 32.1 Å². The molecule has 0 radical (unpaired) electrons. The zero-order valence-electron chi connectivity index (χ0n) is 14.1. The molecular weight excluding hydrogens is 347 g/mol. The Labute approximate surface area is 148 Å². The number of nitrogens with one attached hydrogen (secondary N) is 1. The summed E-state index contributed by atoms with van der Waals surface area (Å²) in [5.74, 6) is -1.44. The molecule has 1 aromatic carbocycles. The van der Waals surface area contributed by atoms with Crippen LogP contribution >= 0.6 is 0 Å². The van der Waals surface area contributed by atoms with Crippen LogP contribution in [0.3, 0.4) is 0 Å². The molecule has 5 nitrogen and oxygen atoms in total. The molecule has 1 unspecified atom stereocenters. The van der Waals surface area contributed by atoms with Crippen molar-refractivity contribution in [3.8, 4) is 0 Å². The molecule has 0 aliphatic heterocycles. The predicted octanol–water partition coefficient (Wildman–Crippen LogP) is 3.02. The van der Waals surface area contributed by atoms with E-state index < -0.39 is 36.1 Å². The van der Waals surface area contributed by atoms with E-state index in [1.165, 1.54) is 0 Å². The van der Waals surface area contributed by atoms with Crippen LogP contribution in [0.2, 0.25) is 0 Å². The van der Waals surface area contributed by atoms with Crippen molar-refractivity contribution in [1.29, 1.82) is 0 Å². The van der Waals surface area contributed by atoms with Crippen LogP contribution in [0.5, 0.6) is 0 Å². The van der Waals surface area contributed by atoms with Crippen molar-refractivity contribution in [1.82, 2.24) is 14.9 Å². The average Bonchev–Trinajstić information content (AvgIpc) is 2.62. The Morgan fingerprint density at radius 1 is 1.23 bits per heavy atom. The van der Waals surface area contributed by atoms with Crippen LogP contribution in [0.4, 0.5) is 13.2 Å². The molecule has 1 saturated carbocycles. The number of fused-ring (bicyclic) bond motifs is 1. The average molecular weight is 367 g/mol. The molecule has 1 aliphatic rings. The lowest BCUT2D eigenvalue weighted by atomic mass is 9.83. The number of carbonyl (C=O) groups is 1. The molecule has 1 aliphatic carbocycles. The van der Waals surface area contributed by atoms with Gasteiger partial charge in [-0.25, -0.2) is 4.98 Å². The Kier molecular flexibility index (Phi) is 5.29. The van der Waals surface area contributed by atoms with Crippen molar-refractivity contribution in [3.63, 3.8) is 0 Å². The second kappa shape index (κ2) is 7.47. The summed E-state index contributed by atoms with van der Waals surface area (Å²) in [6, 6.07) is 4.81. The van der Waals surface area contributed by atoms with Gasteiger partial charge in [0.2, 0.25) is 5.91 Å². The maximum Gasteiger partial charge on any atom is 0.408 e. The zero-order valence-corrected chi connectivity index (χ0v) is 14.1. The number of nitrogens with zero attached hydrogens (tertiary/aromatic N) is 2. The van der Waals surface area contributed by atoms with Crippen LogP contribution in [0.25, 0.3) is 11.0 Å². The standard InChI is InChI=1S/C18H20F3N3O2/c19-18(20,21)17(12-6-2-1-3-7-12)23-15(25)11-24-14-9-5-4-8-13(14)22-10-16(24)26/h4-5,8-10,12,17H,1-3,6-7,11H2,(H,23,25). The summed E-state index contributed by atoms with van der Waals surface area (Å²) in [4.78, 5) is 28.3. The van der Waals surface area contributed by atoms with E-state index in [2.05, 4.69) is 10.3 Å². The number of benzene rings is 1. The lowest BCUT2D eigenvalue weighted by Gasteiger charge is -2.32. The van der Waals surface area contributed by atoms with Gasteiger partial charge in [-0.1, -0.05) is 31.4 Å². The highest BCUT2D eigenvalue weighted by atomic mass is 19.4. The summed E-state index contributed by atoms with van der Waals surface area (Å²) in [5, 5.41) is 2.12.